The van der Waals surface area contributed by atoms with E-state index in [0.717, 1.165) is 34.4 Å². The monoisotopic (exact) mass is 295 g/mol. The Labute approximate surface area is 128 Å². The average Bonchev–Trinajstić information content (AvgIpc) is 2.97. The minimum Gasteiger partial charge on any atom is -0.358 e. The summed E-state index contributed by atoms with van der Waals surface area (Å²) in [5.74, 6) is 0.769. The molecule has 0 fully saturated rings. The van der Waals surface area contributed by atoms with Crippen molar-refractivity contribution in [1.82, 2.24) is 25.5 Å². The Morgan fingerprint density at radius 2 is 2.14 bits per heavy atom. The van der Waals surface area contributed by atoms with Crippen molar-refractivity contribution in [2.24, 2.45) is 0 Å². The van der Waals surface area contributed by atoms with Gasteiger partial charge >= 0.3 is 0 Å². The number of nitrogens with zero attached hydrogens (tertiary/aromatic N) is 3. The molecule has 0 radical (unpaired) electrons. The largest absolute Gasteiger partial charge is 0.358 e. The number of aromatic amines is 1. The zero-order valence-corrected chi connectivity index (χ0v) is 12.5. The topological polar surface area (TPSA) is 83.6 Å². The number of hydrogen-bond acceptors (Lipinski definition) is 4. The van der Waals surface area contributed by atoms with Crippen LogP contribution in [0.25, 0.3) is 22.4 Å². The molecule has 2 heterocycles. The molecule has 2 aromatic heterocycles. The van der Waals surface area contributed by atoms with Crippen molar-refractivity contribution in [3.63, 3.8) is 0 Å². The number of amides is 1. The third-order valence-corrected chi connectivity index (χ3v) is 3.75. The molecule has 1 amide bonds. The van der Waals surface area contributed by atoms with Crippen LogP contribution in [0, 0.1) is 0 Å². The number of benzene rings is 1. The molecule has 6 nitrogen and oxygen atoms in total. The highest BCUT2D eigenvalue weighted by Crippen LogP contribution is 2.27. The maximum atomic E-state index is 10.5. The number of hydrogen-bond donors (Lipinski definition) is 2. The number of H-pyrrole nitrogens is 1. The van der Waals surface area contributed by atoms with E-state index in [-0.39, 0.29) is 5.41 Å². The SMILES string of the molecule is CC(C)(CNC=O)c1ccc2nc(-c3ccnnc3)[nH]c2c1. The molecular formula is C16H17N5O. The molecule has 0 spiro atoms. The second-order valence-corrected chi connectivity index (χ2v) is 5.83. The first-order valence-electron chi connectivity index (χ1n) is 7.04. The van der Waals surface area contributed by atoms with E-state index < -0.39 is 0 Å². The van der Waals surface area contributed by atoms with E-state index in [9.17, 15) is 4.79 Å². The quantitative estimate of drug-likeness (QED) is 0.706. The highest BCUT2D eigenvalue weighted by molar-refractivity contribution is 5.80. The van der Waals surface area contributed by atoms with Crippen LogP contribution < -0.4 is 5.32 Å². The summed E-state index contributed by atoms with van der Waals surface area (Å²) in [6, 6.07) is 7.97. The fourth-order valence-corrected chi connectivity index (χ4v) is 2.40. The molecular weight excluding hydrogens is 278 g/mol. The van der Waals surface area contributed by atoms with Gasteiger partial charge in [-0.1, -0.05) is 19.9 Å². The Balaban J connectivity index is 1.98. The molecule has 0 saturated heterocycles. The lowest BCUT2D eigenvalue weighted by molar-refractivity contribution is -0.109. The zero-order chi connectivity index (χ0) is 15.6. The van der Waals surface area contributed by atoms with E-state index in [0.29, 0.717) is 6.54 Å². The molecule has 2 N–H and O–H groups in total. The van der Waals surface area contributed by atoms with Crippen LogP contribution >= 0.6 is 0 Å². The van der Waals surface area contributed by atoms with Crippen LogP contribution in [-0.4, -0.2) is 33.1 Å². The van der Waals surface area contributed by atoms with Crippen LogP contribution in [0.3, 0.4) is 0 Å². The van der Waals surface area contributed by atoms with Crippen LogP contribution in [0.1, 0.15) is 19.4 Å². The van der Waals surface area contributed by atoms with Crippen molar-refractivity contribution in [2.75, 3.05) is 6.54 Å². The highest BCUT2D eigenvalue weighted by atomic mass is 16.1. The van der Waals surface area contributed by atoms with Crippen molar-refractivity contribution in [3.8, 4) is 11.4 Å². The van der Waals surface area contributed by atoms with E-state index >= 15 is 0 Å². The number of fused-ring (bicyclic) bond motifs is 1. The number of nitrogens with one attached hydrogen (secondary N) is 2. The predicted molar refractivity (Wildman–Crippen MR) is 84.2 cm³/mol. The summed E-state index contributed by atoms with van der Waals surface area (Å²) in [5, 5.41) is 10.4. The molecule has 0 unspecified atom stereocenters. The molecule has 0 saturated carbocycles. The summed E-state index contributed by atoms with van der Waals surface area (Å²) < 4.78 is 0. The highest BCUT2D eigenvalue weighted by Gasteiger charge is 2.21. The van der Waals surface area contributed by atoms with Gasteiger partial charge in [-0.25, -0.2) is 4.98 Å². The second kappa shape index (κ2) is 5.55. The number of aromatic nitrogens is 4. The first-order chi connectivity index (χ1) is 10.6. The minimum absolute atomic E-state index is 0.154. The molecule has 112 valence electrons. The first-order valence-corrected chi connectivity index (χ1v) is 7.04. The van der Waals surface area contributed by atoms with Gasteiger partial charge < -0.3 is 10.3 Å². The molecule has 0 bridgehead atoms. The minimum atomic E-state index is -0.154. The molecule has 3 rings (SSSR count). The number of carbonyl (C=O) groups excluding carboxylic acids is 1. The summed E-state index contributed by atoms with van der Waals surface area (Å²) >= 11 is 0. The van der Waals surface area contributed by atoms with Gasteiger partial charge in [-0.2, -0.15) is 10.2 Å². The summed E-state index contributed by atoms with van der Waals surface area (Å²) in [6.07, 6.45) is 4.05. The van der Waals surface area contributed by atoms with Gasteiger partial charge in [0.15, 0.2) is 0 Å². The maximum absolute atomic E-state index is 10.5. The molecule has 0 atom stereocenters. The molecule has 1 aromatic carbocycles. The molecule has 6 heteroatoms. The van der Waals surface area contributed by atoms with Crippen molar-refractivity contribution in [1.29, 1.82) is 0 Å². The van der Waals surface area contributed by atoms with Crippen LogP contribution in [0.4, 0.5) is 0 Å². The standard InChI is InChI=1S/C16H17N5O/c1-16(2,9-17-10-22)12-3-4-13-14(7-12)21-15(20-13)11-5-6-18-19-8-11/h3-8,10H,9H2,1-2H3,(H,17,22)(H,20,21). The predicted octanol–water partition coefficient (Wildman–Crippen LogP) is 2.04. The first kappa shape index (κ1) is 14.2. The lowest BCUT2D eigenvalue weighted by Gasteiger charge is -2.24. The van der Waals surface area contributed by atoms with Crippen LogP contribution in [-0.2, 0) is 10.2 Å². The van der Waals surface area contributed by atoms with Gasteiger partial charge in [0.25, 0.3) is 0 Å². The second-order valence-electron chi connectivity index (χ2n) is 5.83. The third-order valence-electron chi connectivity index (χ3n) is 3.75. The van der Waals surface area contributed by atoms with Gasteiger partial charge in [0.2, 0.25) is 6.41 Å². The number of carbonyl (C=O) groups is 1. The molecule has 0 aliphatic heterocycles. The van der Waals surface area contributed by atoms with Crippen LogP contribution in [0.15, 0.2) is 36.7 Å². The Morgan fingerprint density at radius 1 is 1.27 bits per heavy atom. The Bertz CT molecular complexity index is 795. The van der Waals surface area contributed by atoms with E-state index in [1.807, 2.05) is 18.2 Å². The number of rotatable bonds is 5. The van der Waals surface area contributed by atoms with E-state index in [2.05, 4.69) is 45.4 Å². The van der Waals surface area contributed by atoms with Crippen LogP contribution in [0.5, 0.6) is 0 Å². The zero-order valence-electron chi connectivity index (χ0n) is 12.5. The summed E-state index contributed by atoms with van der Waals surface area (Å²) in [6.45, 7) is 4.76. The van der Waals surface area contributed by atoms with E-state index in [1.165, 1.54) is 0 Å². The van der Waals surface area contributed by atoms with Gasteiger partial charge in [-0.3, -0.25) is 4.79 Å². The molecule has 0 aliphatic rings. The van der Waals surface area contributed by atoms with E-state index in [4.69, 9.17) is 0 Å². The maximum Gasteiger partial charge on any atom is 0.207 e. The van der Waals surface area contributed by atoms with Gasteiger partial charge in [-0.05, 0) is 23.8 Å². The third kappa shape index (κ3) is 2.67. The smallest absolute Gasteiger partial charge is 0.207 e. The Morgan fingerprint density at radius 3 is 2.86 bits per heavy atom. The van der Waals surface area contributed by atoms with Crippen LogP contribution in [0.2, 0.25) is 0 Å². The molecule has 3 aromatic rings. The fraction of sp³-hybridized carbons (Fsp3) is 0.250. The lowest BCUT2D eigenvalue weighted by atomic mass is 9.84. The summed E-state index contributed by atoms with van der Waals surface area (Å²) in [5.41, 5.74) is 3.74. The van der Waals surface area contributed by atoms with Gasteiger partial charge in [0.1, 0.15) is 5.82 Å². The molecule has 22 heavy (non-hydrogen) atoms. The van der Waals surface area contributed by atoms with Gasteiger partial charge in [0.05, 0.1) is 23.4 Å². The fourth-order valence-electron chi connectivity index (χ4n) is 2.40. The Kier molecular flexibility index (Phi) is 3.58. The van der Waals surface area contributed by atoms with Crippen molar-refractivity contribution in [2.45, 2.75) is 19.3 Å². The van der Waals surface area contributed by atoms with E-state index in [1.54, 1.807) is 12.4 Å². The van der Waals surface area contributed by atoms with Crippen molar-refractivity contribution < 1.29 is 4.79 Å². The van der Waals surface area contributed by atoms with Gasteiger partial charge in [-0.15, -0.1) is 0 Å². The summed E-state index contributed by atoms with van der Waals surface area (Å²) in [4.78, 5) is 18.4. The lowest BCUT2D eigenvalue weighted by Crippen LogP contribution is -2.32. The Hall–Kier alpha value is -2.76. The van der Waals surface area contributed by atoms with Crippen molar-refractivity contribution in [3.05, 3.63) is 42.2 Å². The normalized spacial score (nSPS) is 11.5. The average molecular weight is 295 g/mol. The van der Waals surface area contributed by atoms with Gasteiger partial charge in [0, 0.05) is 17.5 Å². The van der Waals surface area contributed by atoms with Crippen molar-refractivity contribution >= 4 is 17.4 Å². The number of imidazole rings is 1. The molecule has 0 aliphatic carbocycles. The summed E-state index contributed by atoms with van der Waals surface area (Å²) in [7, 11) is 0.